The van der Waals surface area contributed by atoms with E-state index in [1.165, 1.54) is 0 Å². The third-order valence-electron chi connectivity index (χ3n) is 6.73. The molecule has 0 spiro atoms. The fraction of sp³-hybridized carbons (Fsp3) is 0.393. The molecule has 1 amide bonds. The number of nitrogens with one attached hydrogen (secondary N) is 2. The molecule has 1 saturated carbocycles. The van der Waals surface area contributed by atoms with Crippen LogP contribution in [-0.4, -0.2) is 59.7 Å². The van der Waals surface area contributed by atoms with Gasteiger partial charge in [0.15, 0.2) is 0 Å². The number of benzene rings is 2. The first-order chi connectivity index (χ1) is 17.7. The number of aromatic nitrogens is 2. The number of nitrogens with zero attached hydrogens (tertiary/aromatic N) is 3. The Balaban J connectivity index is 1.37. The summed E-state index contributed by atoms with van der Waals surface area (Å²) in [6, 6.07) is 14.1. The molecule has 188 valence electrons. The minimum atomic E-state index is -0.190. The predicted molar refractivity (Wildman–Crippen MR) is 141 cm³/mol. The van der Waals surface area contributed by atoms with Crippen LogP contribution in [0.2, 0.25) is 0 Å². The highest BCUT2D eigenvalue weighted by Crippen LogP contribution is 2.36. The second kappa shape index (κ2) is 11.5. The molecule has 8 heteroatoms. The smallest absolute Gasteiger partial charge is 0.248 e. The van der Waals surface area contributed by atoms with Gasteiger partial charge in [-0.2, -0.15) is 0 Å². The van der Waals surface area contributed by atoms with Crippen LogP contribution in [0.5, 0.6) is 5.75 Å². The summed E-state index contributed by atoms with van der Waals surface area (Å²) in [5.41, 5.74) is 2.55. The lowest BCUT2D eigenvalue weighted by atomic mass is 9.96. The molecule has 0 bridgehead atoms. The standard InChI is InChI=1S/C28H33N5O3/c1-20(21-7-3-2-4-8-21)31-28-23-17-25(32-27(34)11-6-12-33-13-15-35-16-14-33)26(36-22-9-5-10-22)18-24(23)29-19-30-28/h2-4,6-8,11,17-20,22H,5,9-10,12-16H2,1H3,(H,32,34)(H,29,30,31). The molecule has 3 aromatic rings. The summed E-state index contributed by atoms with van der Waals surface area (Å²) in [6.45, 7) is 6.06. The first-order valence-electron chi connectivity index (χ1n) is 12.7. The van der Waals surface area contributed by atoms with Crippen molar-refractivity contribution in [3.8, 4) is 5.75 Å². The maximum absolute atomic E-state index is 12.8. The summed E-state index contributed by atoms with van der Waals surface area (Å²) in [5, 5.41) is 7.36. The van der Waals surface area contributed by atoms with Crippen LogP contribution < -0.4 is 15.4 Å². The predicted octanol–water partition coefficient (Wildman–Crippen LogP) is 4.56. The summed E-state index contributed by atoms with van der Waals surface area (Å²) < 4.78 is 11.6. The topological polar surface area (TPSA) is 88.6 Å². The zero-order valence-corrected chi connectivity index (χ0v) is 20.7. The van der Waals surface area contributed by atoms with Crippen LogP contribution >= 0.6 is 0 Å². The number of carbonyl (C=O) groups excluding carboxylic acids is 1. The summed E-state index contributed by atoms with van der Waals surface area (Å²) in [4.78, 5) is 24.1. The van der Waals surface area contributed by atoms with Crippen LogP contribution in [-0.2, 0) is 9.53 Å². The Hall–Kier alpha value is -3.49. The number of hydrogen-bond donors (Lipinski definition) is 2. The zero-order chi connectivity index (χ0) is 24.7. The van der Waals surface area contributed by atoms with Crippen LogP contribution in [0, 0.1) is 0 Å². The van der Waals surface area contributed by atoms with Crippen molar-refractivity contribution < 1.29 is 14.3 Å². The normalized spacial score (nSPS) is 17.6. The highest BCUT2D eigenvalue weighted by Gasteiger charge is 2.22. The lowest BCUT2D eigenvalue weighted by molar-refractivity contribution is -0.111. The number of ether oxygens (including phenoxy) is 2. The second-order valence-corrected chi connectivity index (χ2v) is 9.34. The first kappa shape index (κ1) is 24.2. The van der Waals surface area contributed by atoms with Crippen molar-refractivity contribution in [1.82, 2.24) is 14.9 Å². The van der Waals surface area contributed by atoms with E-state index >= 15 is 0 Å². The molecule has 0 radical (unpaired) electrons. The van der Waals surface area contributed by atoms with E-state index in [0.717, 1.165) is 68.6 Å². The van der Waals surface area contributed by atoms with E-state index in [1.54, 1.807) is 12.4 Å². The van der Waals surface area contributed by atoms with Gasteiger partial charge in [0, 0.05) is 43.2 Å². The van der Waals surface area contributed by atoms with Crippen molar-refractivity contribution in [2.45, 2.75) is 38.3 Å². The van der Waals surface area contributed by atoms with Gasteiger partial charge >= 0.3 is 0 Å². The molecule has 2 N–H and O–H groups in total. The molecule has 2 fully saturated rings. The van der Waals surface area contributed by atoms with Crippen molar-refractivity contribution in [3.63, 3.8) is 0 Å². The minimum Gasteiger partial charge on any atom is -0.488 e. The van der Waals surface area contributed by atoms with Gasteiger partial charge in [-0.1, -0.05) is 36.4 Å². The Morgan fingerprint density at radius 3 is 2.75 bits per heavy atom. The number of morpholine rings is 1. The van der Waals surface area contributed by atoms with Crippen molar-refractivity contribution in [3.05, 3.63) is 66.5 Å². The van der Waals surface area contributed by atoms with Gasteiger partial charge in [-0.3, -0.25) is 9.69 Å². The summed E-state index contributed by atoms with van der Waals surface area (Å²) in [5.74, 6) is 1.16. The van der Waals surface area contributed by atoms with E-state index in [-0.39, 0.29) is 18.1 Å². The fourth-order valence-electron chi connectivity index (χ4n) is 4.36. The van der Waals surface area contributed by atoms with Gasteiger partial charge in [0.25, 0.3) is 0 Å². The van der Waals surface area contributed by atoms with Gasteiger partial charge in [-0.05, 0) is 37.8 Å². The van der Waals surface area contributed by atoms with E-state index in [4.69, 9.17) is 9.47 Å². The molecular weight excluding hydrogens is 454 g/mol. The van der Waals surface area contributed by atoms with E-state index in [2.05, 4.69) is 44.6 Å². The molecule has 2 heterocycles. The van der Waals surface area contributed by atoms with E-state index in [0.29, 0.717) is 17.3 Å². The molecule has 5 rings (SSSR count). The monoisotopic (exact) mass is 487 g/mol. The number of hydrogen-bond acceptors (Lipinski definition) is 7. The zero-order valence-electron chi connectivity index (χ0n) is 20.7. The Kier molecular flexibility index (Phi) is 7.73. The molecule has 1 aliphatic heterocycles. The lowest BCUT2D eigenvalue weighted by Gasteiger charge is -2.27. The van der Waals surface area contributed by atoms with Gasteiger partial charge in [0.2, 0.25) is 5.91 Å². The summed E-state index contributed by atoms with van der Waals surface area (Å²) in [7, 11) is 0. The molecule has 1 saturated heterocycles. The highest BCUT2D eigenvalue weighted by atomic mass is 16.5. The molecule has 1 aromatic heterocycles. The average molecular weight is 488 g/mol. The van der Waals surface area contributed by atoms with Crippen LogP contribution in [0.3, 0.4) is 0 Å². The number of fused-ring (bicyclic) bond motifs is 1. The van der Waals surface area contributed by atoms with E-state index < -0.39 is 0 Å². The van der Waals surface area contributed by atoms with E-state index in [1.807, 2.05) is 36.4 Å². The maximum atomic E-state index is 12.8. The number of rotatable bonds is 9. The van der Waals surface area contributed by atoms with Crippen LogP contribution in [0.1, 0.15) is 37.8 Å². The number of carbonyl (C=O) groups is 1. The Labute approximate surface area is 211 Å². The maximum Gasteiger partial charge on any atom is 0.248 e. The molecule has 1 unspecified atom stereocenters. The molecule has 1 aliphatic carbocycles. The summed E-state index contributed by atoms with van der Waals surface area (Å²) >= 11 is 0. The Bertz CT molecular complexity index is 1210. The largest absolute Gasteiger partial charge is 0.488 e. The third-order valence-corrected chi connectivity index (χ3v) is 6.73. The summed E-state index contributed by atoms with van der Waals surface area (Å²) in [6.07, 6.45) is 8.43. The van der Waals surface area contributed by atoms with Gasteiger partial charge in [-0.15, -0.1) is 0 Å². The van der Waals surface area contributed by atoms with Gasteiger partial charge in [-0.25, -0.2) is 9.97 Å². The lowest BCUT2D eigenvalue weighted by Crippen LogP contribution is -2.36. The third kappa shape index (κ3) is 6.01. The number of anilines is 2. The van der Waals surface area contributed by atoms with Crippen LogP contribution in [0.15, 0.2) is 60.9 Å². The van der Waals surface area contributed by atoms with Gasteiger partial charge in [0.1, 0.15) is 17.9 Å². The van der Waals surface area contributed by atoms with Crippen molar-refractivity contribution >= 4 is 28.3 Å². The highest BCUT2D eigenvalue weighted by molar-refractivity contribution is 6.03. The van der Waals surface area contributed by atoms with Crippen molar-refractivity contribution in [2.75, 3.05) is 43.5 Å². The van der Waals surface area contributed by atoms with Crippen LogP contribution in [0.4, 0.5) is 11.5 Å². The number of amides is 1. The van der Waals surface area contributed by atoms with Gasteiger partial charge in [0.05, 0.1) is 30.5 Å². The molecular formula is C28H33N5O3. The van der Waals surface area contributed by atoms with E-state index in [9.17, 15) is 4.79 Å². The van der Waals surface area contributed by atoms with Crippen molar-refractivity contribution in [1.29, 1.82) is 0 Å². The molecule has 2 aliphatic rings. The van der Waals surface area contributed by atoms with Crippen LogP contribution in [0.25, 0.3) is 10.9 Å². The first-order valence-corrected chi connectivity index (χ1v) is 12.7. The molecule has 2 aromatic carbocycles. The van der Waals surface area contributed by atoms with Gasteiger partial charge < -0.3 is 20.1 Å². The quantitative estimate of drug-likeness (QED) is 0.428. The van der Waals surface area contributed by atoms with Crippen molar-refractivity contribution in [2.24, 2.45) is 0 Å². The fourth-order valence-corrected chi connectivity index (χ4v) is 4.36. The minimum absolute atomic E-state index is 0.0522. The second-order valence-electron chi connectivity index (χ2n) is 9.34. The molecule has 1 atom stereocenters. The molecule has 36 heavy (non-hydrogen) atoms. The average Bonchev–Trinajstić information content (AvgIpc) is 2.88. The Morgan fingerprint density at radius 1 is 1.19 bits per heavy atom. The molecule has 8 nitrogen and oxygen atoms in total. The SMILES string of the molecule is CC(Nc1ncnc2cc(OC3CCC3)c(NC(=O)C=CCN3CCOCC3)cc12)c1ccccc1. The Morgan fingerprint density at radius 2 is 2.00 bits per heavy atom.